The van der Waals surface area contributed by atoms with Crippen LogP contribution in [0.2, 0.25) is 5.02 Å². The Balaban J connectivity index is 1.83. The molecule has 1 aromatic carbocycles. The van der Waals surface area contributed by atoms with Gasteiger partial charge in [-0.25, -0.2) is 9.97 Å². The molecule has 4 rings (SSSR count). The van der Waals surface area contributed by atoms with Crippen LogP contribution >= 0.6 is 22.9 Å². The van der Waals surface area contributed by atoms with Gasteiger partial charge in [0.15, 0.2) is 0 Å². The highest BCUT2D eigenvalue weighted by Crippen LogP contribution is 2.40. The molecule has 0 bridgehead atoms. The number of benzene rings is 1. The molecular formula is C17H16ClN3OS. The summed E-state index contributed by atoms with van der Waals surface area (Å²) < 4.78 is 5.27. The fraction of sp³-hybridized carbons (Fsp3) is 0.294. The van der Waals surface area contributed by atoms with Crippen molar-refractivity contribution in [2.24, 2.45) is 0 Å². The van der Waals surface area contributed by atoms with Crippen molar-refractivity contribution in [3.05, 3.63) is 34.3 Å². The van der Waals surface area contributed by atoms with E-state index in [2.05, 4.69) is 10.4 Å². The van der Waals surface area contributed by atoms with Crippen LogP contribution in [0.5, 0.6) is 5.75 Å². The highest BCUT2D eigenvalue weighted by molar-refractivity contribution is 7.13. The Bertz CT molecular complexity index is 889. The summed E-state index contributed by atoms with van der Waals surface area (Å²) in [5, 5.41) is 4.33. The van der Waals surface area contributed by atoms with E-state index in [4.69, 9.17) is 27.1 Å². The average Bonchev–Trinajstić information content (AvgIpc) is 2.96. The Kier molecular flexibility index (Phi) is 3.62. The summed E-state index contributed by atoms with van der Waals surface area (Å²) in [6.45, 7) is 0. The van der Waals surface area contributed by atoms with Gasteiger partial charge >= 0.3 is 0 Å². The SMILES string of the molecule is COc1ccc2c(N)cc(-c3nc(C4CCC4)cs3)nc2c1Cl. The molecule has 0 amide bonds. The summed E-state index contributed by atoms with van der Waals surface area (Å²) in [7, 11) is 1.59. The number of methoxy groups -OCH3 is 1. The first-order valence-corrected chi connectivity index (χ1v) is 8.81. The van der Waals surface area contributed by atoms with Crippen LogP contribution in [0.15, 0.2) is 23.6 Å². The van der Waals surface area contributed by atoms with E-state index in [1.165, 1.54) is 25.0 Å². The number of hydrogen-bond acceptors (Lipinski definition) is 5. The van der Waals surface area contributed by atoms with E-state index in [9.17, 15) is 0 Å². The van der Waals surface area contributed by atoms with Gasteiger partial charge in [0.25, 0.3) is 0 Å². The average molecular weight is 346 g/mol. The lowest BCUT2D eigenvalue weighted by Gasteiger charge is -2.22. The van der Waals surface area contributed by atoms with Crippen LogP contribution in [-0.4, -0.2) is 17.1 Å². The first-order chi connectivity index (χ1) is 11.2. The van der Waals surface area contributed by atoms with Gasteiger partial charge in [0.2, 0.25) is 0 Å². The predicted molar refractivity (Wildman–Crippen MR) is 95.4 cm³/mol. The molecule has 0 unspecified atom stereocenters. The minimum Gasteiger partial charge on any atom is -0.495 e. The second-order valence-corrected chi connectivity index (χ2v) is 7.02. The van der Waals surface area contributed by atoms with E-state index in [0.717, 1.165) is 16.1 Å². The van der Waals surface area contributed by atoms with Crippen LogP contribution in [0, 0.1) is 0 Å². The van der Waals surface area contributed by atoms with Crippen LogP contribution in [0.1, 0.15) is 30.9 Å². The summed E-state index contributed by atoms with van der Waals surface area (Å²) in [5.74, 6) is 1.21. The molecule has 118 valence electrons. The van der Waals surface area contributed by atoms with E-state index in [1.807, 2.05) is 12.1 Å². The summed E-state index contributed by atoms with van der Waals surface area (Å²) >= 11 is 8.01. The molecule has 0 atom stereocenters. The number of rotatable bonds is 3. The molecule has 1 aliphatic rings. The van der Waals surface area contributed by atoms with Crippen molar-refractivity contribution in [2.75, 3.05) is 12.8 Å². The number of nitrogens with two attached hydrogens (primary N) is 1. The Morgan fingerprint density at radius 1 is 1.30 bits per heavy atom. The summed E-state index contributed by atoms with van der Waals surface area (Å²) in [4.78, 5) is 9.44. The minimum absolute atomic E-state index is 0.481. The highest BCUT2D eigenvalue weighted by atomic mass is 35.5. The quantitative estimate of drug-likeness (QED) is 0.735. The van der Waals surface area contributed by atoms with Gasteiger partial charge < -0.3 is 10.5 Å². The molecule has 6 heteroatoms. The fourth-order valence-electron chi connectivity index (χ4n) is 2.83. The van der Waals surface area contributed by atoms with Gasteiger partial charge in [0, 0.05) is 22.4 Å². The van der Waals surface area contributed by atoms with Crippen LogP contribution in [-0.2, 0) is 0 Å². The third-order valence-electron chi connectivity index (χ3n) is 4.40. The molecule has 0 spiro atoms. The van der Waals surface area contributed by atoms with Crippen LogP contribution < -0.4 is 10.5 Å². The number of thiazole rings is 1. The maximum Gasteiger partial charge on any atom is 0.142 e. The van der Waals surface area contributed by atoms with E-state index >= 15 is 0 Å². The molecule has 4 nitrogen and oxygen atoms in total. The molecule has 1 saturated carbocycles. The van der Waals surface area contributed by atoms with Crippen LogP contribution in [0.25, 0.3) is 21.6 Å². The number of anilines is 1. The third kappa shape index (κ3) is 2.44. The van der Waals surface area contributed by atoms with E-state index in [1.54, 1.807) is 24.5 Å². The van der Waals surface area contributed by atoms with Crippen molar-refractivity contribution in [3.8, 4) is 16.5 Å². The Morgan fingerprint density at radius 2 is 2.13 bits per heavy atom. The lowest BCUT2D eigenvalue weighted by Crippen LogP contribution is -2.08. The van der Waals surface area contributed by atoms with Crippen LogP contribution in [0.4, 0.5) is 5.69 Å². The topological polar surface area (TPSA) is 61.0 Å². The monoisotopic (exact) mass is 345 g/mol. The van der Waals surface area contributed by atoms with Crippen molar-refractivity contribution in [1.29, 1.82) is 0 Å². The van der Waals surface area contributed by atoms with Gasteiger partial charge in [-0.2, -0.15) is 0 Å². The summed E-state index contributed by atoms with van der Waals surface area (Å²) in [5.41, 5.74) is 9.44. The van der Waals surface area contributed by atoms with Crippen molar-refractivity contribution >= 4 is 39.5 Å². The lowest BCUT2D eigenvalue weighted by atomic mass is 9.83. The molecule has 0 radical (unpaired) electrons. The largest absolute Gasteiger partial charge is 0.495 e. The molecule has 0 saturated heterocycles. The first-order valence-electron chi connectivity index (χ1n) is 7.56. The predicted octanol–water partition coefficient (Wildman–Crippen LogP) is 4.87. The molecule has 23 heavy (non-hydrogen) atoms. The minimum atomic E-state index is 0.481. The van der Waals surface area contributed by atoms with Crippen molar-refractivity contribution < 1.29 is 4.74 Å². The number of hydrogen-bond donors (Lipinski definition) is 1. The standard InChI is InChI=1S/C17H16ClN3OS/c1-22-14-6-5-10-11(19)7-12(20-16(10)15(14)18)17-21-13(8-23-17)9-3-2-4-9/h5-9H,2-4H2,1H3,(H2,19,20). The van der Waals surface area contributed by atoms with Gasteiger partial charge in [-0.3, -0.25) is 0 Å². The molecular weight excluding hydrogens is 330 g/mol. The number of nitrogen functional groups attached to an aromatic ring is 1. The highest BCUT2D eigenvalue weighted by Gasteiger charge is 2.23. The smallest absolute Gasteiger partial charge is 0.142 e. The number of aromatic nitrogens is 2. The second-order valence-electron chi connectivity index (χ2n) is 5.78. The first kappa shape index (κ1) is 14.7. The number of pyridine rings is 1. The molecule has 3 aromatic rings. The van der Waals surface area contributed by atoms with Gasteiger partial charge in [0.05, 0.1) is 18.3 Å². The number of halogens is 1. The zero-order valence-electron chi connectivity index (χ0n) is 12.7. The van der Waals surface area contributed by atoms with Crippen LogP contribution in [0.3, 0.4) is 0 Å². The van der Waals surface area contributed by atoms with Gasteiger partial charge in [-0.15, -0.1) is 11.3 Å². The molecule has 2 aromatic heterocycles. The van der Waals surface area contributed by atoms with E-state index in [0.29, 0.717) is 27.9 Å². The second kappa shape index (κ2) is 5.65. The molecule has 2 heterocycles. The normalized spacial score (nSPS) is 14.9. The maximum atomic E-state index is 6.40. The van der Waals surface area contributed by atoms with E-state index in [-0.39, 0.29) is 0 Å². The fourth-order valence-corrected chi connectivity index (χ4v) is 3.97. The van der Waals surface area contributed by atoms with Crippen molar-refractivity contribution in [1.82, 2.24) is 9.97 Å². The summed E-state index contributed by atoms with van der Waals surface area (Å²) in [6.07, 6.45) is 3.77. The summed E-state index contributed by atoms with van der Waals surface area (Å²) in [6, 6.07) is 5.56. The van der Waals surface area contributed by atoms with Gasteiger partial charge in [-0.05, 0) is 31.0 Å². The molecule has 1 aliphatic carbocycles. The Morgan fingerprint density at radius 3 is 2.83 bits per heavy atom. The number of ether oxygens (including phenoxy) is 1. The van der Waals surface area contributed by atoms with Gasteiger partial charge in [0.1, 0.15) is 21.5 Å². The molecule has 1 fully saturated rings. The Labute approximate surface area is 143 Å². The lowest BCUT2D eigenvalue weighted by molar-refractivity contribution is 0.413. The number of nitrogens with zero attached hydrogens (tertiary/aromatic N) is 2. The molecule has 2 N–H and O–H groups in total. The third-order valence-corrected chi connectivity index (χ3v) is 5.65. The maximum absolute atomic E-state index is 6.40. The van der Waals surface area contributed by atoms with E-state index < -0.39 is 0 Å². The Hall–Kier alpha value is -1.85. The van der Waals surface area contributed by atoms with Crippen molar-refractivity contribution in [3.63, 3.8) is 0 Å². The zero-order chi connectivity index (χ0) is 16.0. The van der Waals surface area contributed by atoms with Crippen molar-refractivity contribution in [2.45, 2.75) is 25.2 Å². The van der Waals surface area contributed by atoms with Gasteiger partial charge in [-0.1, -0.05) is 18.0 Å². The zero-order valence-corrected chi connectivity index (χ0v) is 14.2. The molecule has 0 aliphatic heterocycles. The number of fused-ring (bicyclic) bond motifs is 1.